The predicted molar refractivity (Wildman–Crippen MR) is 98.1 cm³/mol. The molecule has 0 fully saturated rings. The van der Waals surface area contributed by atoms with Crippen LogP contribution in [0.15, 0.2) is 40.1 Å². The maximum absolute atomic E-state index is 13.1. The fraction of sp³-hybridized carbons (Fsp3) is 0.222. The highest BCUT2D eigenvalue weighted by molar-refractivity contribution is 5.76. The predicted octanol–water partition coefficient (Wildman–Crippen LogP) is 0.730. The number of carboxylic acids is 1. The molecular weight excluding hydrogens is 369 g/mol. The van der Waals surface area contributed by atoms with Crippen molar-refractivity contribution in [3.8, 4) is 0 Å². The van der Waals surface area contributed by atoms with E-state index in [0.717, 1.165) is 4.57 Å². The molecule has 9 nitrogen and oxygen atoms in total. The van der Waals surface area contributed by atoms with E-state index >= 15 is 0 Å². The van der Waals surface area contributed by atoms with E-state index in [2.05, 4.69) is 4.98 Å². The Morgan fingerprint density at radius 1 is 1.18 bits per heavy atom. The van der Waals surface area contributed by atoms with Gasteiger partial charge in [-0.05, 0) is 24.6 Å². The van der Waals surface area contributed by atoms with E-state index in [1.165, 1.54) is 44.8 Å². The van der Waals surface area contributed by atoms with Crippen LogP contribution in [0.25, 0.3) is 16.9 Å². The van der Waals surface area contributed by atoms with E-state index in [0.29, 0.717) is 11.3 Å². The van der Waals surface area contributed by atoms with Gasteiger partial charge in [-0.25, -0.2) is 9.18 Å². The maximum atomic E-state index is 13.1. The Kier molecular flexibility index (Phi) is 3.91. The summed E-state index contributed by atoms with van der Waals surface area (Å²) in [6.07, 6.45) is 1.61. The fourth-order valence-corrected chi connectivity index (χ4v) is 3.30. The van der Waals surface area contributed by atoms with Gasteiger partial charge in [0.1, 0.15) is 12.4 Å². The van der Waals surface area contributed by atoms with Crippen LogP contribution in [0, 0.1) is 12.7 Å². The smallest absolute Gasteiger partial charge is 0.332 e. The molecule has 144 valence electrons. The van der Waals surface area contributed by atoms with Gasteiger partial charge < -0.3 is 9.67 Å². The van der Waals surface area contributed by atoms with Crippen molar-refractivity contribution in [2.75, 3.05) is 0 Å². The molecular formula is C18H16FN5O4. The van der Waals surface area contributed by atoms with Gasteiger partial charge in [-0.2, -0.15) is 4.98 Å². The molecule has 0 saturated carbocycles. The topological polar surface area (TPSA) is 104 Å². The van der Waals surface area contributed by atoms with Crippen molar-refractivity contribution in [2.24, 2.45) is 7.05 Å². The first kappa shape index (κ1) is 17.7. The monoisotopic (exact) mass is 385 g/mol. The number of aromatic nitrogens is 5. The number of aliphatic carboxylic acids is 1. The van der Waals surface area contributed by atoms with Gasteiger partial charge in [-0.15, -0.1) is 0 Å². The Morgan fingerprint density at radius 2 is 1.86 bits per heavy atom. The molecule has 0 aliphatic heterocycles. The van der Waals surface area contributed by atoms with Crippen LogP contribution in [0.5, 0.6) is 0 Å². The molecule has 0 atom stereocenters. The summed E-state index contributed by atoms with van der Waals surface area (Å²) in [4.78, 5) is 41.3. The summed E-state index contributed by atoms with van der Waals surface area (Å²) in [5.41, 5.74) is 0.433. The Hall–Kier alpha value is -3.69. The van der Waals surface area contributed by atoms with Crippen LogP contribution in [-0.2, 0) is 24.9 Å². The normalized spacial score (nSPS) is 11.5. The van der Waals surface area contributed by atoms with Crippen LogP contribution >= 0.6 is 0 Å². The van der Waals surface area contributed by atoms with E-state index in [1.54, 1.807) is 13.1 Å². The molecule has 0 aliphatic rings. The lowest BCUT2D eigenvalue weighted by molar-refractivity contribution is -0.137. The largest absolute Gasteiger partial charge is 0.480 e. The highest BCUT2D eigenvalue weighted by Crippen LogP contribution is 2.16. The molecule has 0 aliphatic carbocycles. The number of rotatable bonds is 4. The molecule has 0 spiro atoms. The molecule has 10 heteroatoms. The summed E-state index contributed by atoms with van der Waals surface area (Å²) in [5, 5.41) is 9.12. The zero-order valence-corrected chi connectivity index (χ0v) is 15.1. The van der Waals surface area contributed by atoms with Crippen LogP contribution in [0.4, 0.5) is 4.39 Å². The van der Waals surface area contributed by atoms with E-state index in [9.17, 15) is 18.8 Å². The number of carbonyl (C=O) groups is 1. The quantitative estimate of drug-likeness (QED) is 0.558. The summed E-state index contributed by atoms with van der Waals surface area (Å²) >= 11 is 0. The number of nitrogens with zero attached hydrogens (tertiary/aromatic N) is 5. The third-order valence-electron chi connectivity index (χ3n) is 4.69. The molecule has 4 aromatic rings. The Morgan fingerprint density at radius 3 is 2.50 bits per heavy atom. The van der Waals surface area contributed by atoms with Crippen LogP contribution in [0.3, 0.4) is 0 Å². The minimum absolute atomic E-state index is 0.0240. The molecule has 3 heterocycles. The summed E-state index contributed by atoms with van der Waals surface area (Å²) in [7, 11) is 1.49. The molecule has 0 bridgehead atoms. The van der Waals surface area contributed by atoms with Gasteiger partial charge >= 0.3 is 11.7 Å². The standard InChI is InChI=1S/C18H16FN5O4/c1-10-7-23-14-15(20-17(23)22(10)9-13(25)26)21(2)18(28)24(16(14)27)8-11-3-5-12(19)6-4-11/h3-7H,8-9H2,1-2H3,(H,25,26). The second kappa shape index (κ2) is 6.19. The van der Waals surface area contributed by atoms with E-state index in [4.69, 9.17) is 5.11 Å². The summed E-state index contributed by atoms with van der Waals surface area (Å²) < 4.78 is 18.4. The molecule has 28 heavy (non-hydrogen) atoms. The van der Waals surface area contributed by atoms with Crippen molar-refractivity contribution in [1.82, 2.24) is 23.1 Å². The van der Waals surface area contributed by atoms with Crippen molar-refractivity contribution in [3.63, 3.8) is 0 Å². The van der Waals surface area contributed by atoms with Crippen LogP contribution in [0.2, 0.25) is 0 Å². The molecule has 1 aromatic carbocycles. The van der Waals surface area contributed by atoms with Crippen LogP contribution in [-0.4, -0.2) is 34.2 Å². The number of fused-ring (bicyclic) bond motifs is 3. The van der Waals surface area contributed by atoms with Gasteiger partial charge in [0, 0.05) is 18.9 Å². The van der Waals surface area contributed by atoms with Crippen molar-refractivity contribution >= 4 is 22.9 Å². The van der Waals surface area contributed by atoms with Crippen molar-refractivity contribution in [1.29, 1.82) is 0 Å². The van der Waals surface area contributed by atoms with Gasteiger partial charge in [0.15, 0.2) is 11.2 Å². The number of carboxylic acid groups (broad SMARTS) is 1. The molecule has 0 saturated heterocycles. The van der Waals surface area contributed by atoms with Crippen molar-refractivity contribution in [2.45, 2.75) is 20.0 Å². The lowest BCUT2D eigenvalue weighted by Gasteiger charge is -2.08. The fourth-order valence-electron chi connectivity index (χ4n) is 3.30. The second-order valence-corrected chi connectivity index (χ2v) is 6.56. The molecule has 1 N–H and O–H groups in total. The molecule has 0 radical (unpaired) electrons. The number of hydrogen-bond acceptors (Lipinski definition) is 4. The highest BCUT2D eigenvalue weighted by Gasteiger charge is 2.21. The maximum Gasteiger partial charge on any atom is 0.332 e. The minimum atomic E-state index is -1.05. The number of hydrogen-bond donors (Lipinski definition) is 1. The third kappa shape index (κ3) is 2.61. The van der Waals surface area contributed by atoms with Gasteiger partial charge in [-0.3, -0.25) is 23.1 Å². The summed E-state index contributed by atoms with van der Waals surface area (Å²) in [6.45, 7) is 1.37. The summed E-state index contributed by atoms with van der Waals surface area (Å²) in [6, 6.07) is 5.53. The van der Waals surface area contributed by atoms with Gasteiger partial charge in [0.2, 0.25) is 5.78 Å². The first-order valence-corrected chi connectivity index (χ1v) is 8.42. The van der Waals surface area contributed by atoms with Gasteiger partial charge in [0.25, 0.3) is 5.56 Å². The van der Waals surface area contributed by atoms with E-state index in [1.807, 2.05) is 0 Å². The first-order chi connectivity index (χ1) is 13.3. The number of aryl methyl sites for hydroxylation is 2. The summed E-state index contributed by atoms with van der Waals surface area (Å²) in [5.74, 6) is -1.19. The van der Waals surface area contributed by atoms with Crippen molar-refractivity contribution in [3.05, 3.63) is 68.4 Å². The highest BCUT2D eigenvalue weighted by atomic mass is 19.1. The molecule has 4 rings (SSSR count). The second-order valence-electron chi connectivity index (χ2n) is 6.56. The lowest BCUT2D eigenvalue weighted by Crippen LogP contribution is -2.39. The number of imidazole rings is 2. The minimum Gasteiger partial charge on any atom is -0.480 e. The SMILES string of the molecule is Cc1cn2c3c(=O)n(Cc4ccc(F)cc4)c(=O)n(C)c3nc2n1CC(=O)O. The Bertz CT molecular complexity index is 1360. The lowest BCUT2D eigenvalue weighted by atomic mass is 10.2. The van der Waals surface area contributed by atoms with Crippen LogP contribution < -0.4 is 11.2 Å². The zero-order valence-electron chi connectivity index (χ0n) is 15.1. The number of benzene rings is 1. The molecule has 0 amide bonds. The Labute approximate surface area is 156 Å². The van der Waals surface area contributed by atoms with E-state index in [-0.39, 0.29) is 30.0 Å². The number of halogens is 1. The average Bonchev–Trinajstić information content (AvgIpc) is 3.15. The van der Waals surface area contributed by atoms with Crippen molar-refractivity contribution < 1.29 is 14.3 Å². The van der Waals surface area contributed by atoms with E-state index < -0.39 is 23.0 Å². The van der Waals surface area contributed by atoms with Gasteiger partial charge in [-0.1, -0.05) is 12.1 Å². The third-order valence-corrected chi connectivity index (χ3v) is 4.69. The van der Waals surface area contributed by atoms with Crippen LogP contribution in [0.1, 0.15) is 11.3 Å². The zero-order chi connectivity index (χ0) is 20.2. The van der Waals surface area contributed by atoms with Gasteiger partial charge in [0.05, 0.1) is 6.54 Å². The Balaban J connectivity index is 1.99. The average molecular weight is 385 g/mol. The molecule has 0 unspecified atom stereocenters. The first-order valence-electron chi connectivity index (χ1n) is 8.42. The molecule has 3 aromatic heterocycles.